The maximum atomic E-state index is 13.3. The van der Waals surface area contributed by atoms with Crippen LogP contribution in [0.2, 0.25) is 0 Å². The van der Waals surface area contributed by atoms with Crippen LogP contribution in [0, 0.1) is 0 Å². The van der Waals surface area contributed by atoms with Crippen LogP contribution in [0.4, 0.5) is 24.5 Å². The van der Waals surface area contributed by atoms with Gasteiger partial charge in [-0.15, -0.1) is 24.8 Å². The van der Waals surface area contributed by atoms with E-state index in [0.29, 0.717) is 18.8 Å². The zero-order chi connectivity index (χ0) is 36.3. The average molecular weight is 797 g/mol. The molecule has 2 aliphatic heterocycles. The van der Waals surface area contributed by atoms with Crippen LogP contribution >= 0.6 is 36.6 Å². The number of hydrogen-bond acceptors (Lipinski definition) is 11. The number of alkyl halides is 3. The Bertz CT molecular complexity index is 2100. The number of phenols is 3. The molecule has 4 aromatic carbocycles. The van der Waals surface area contributed by atoms with Crippen LogP contribution in [-0.4, -0.2) is 87.8 Å². The van der Waals surface area contributed by atoms with Crippen molar-refractivity contribution >= 4 is 58.9 Å². The Balaban J connectivity index is 0.000000241. The Hall–Kier alpha value is -4.31. The van der Waals surface area contributed by atoms with Crippen LogP contribution in [0.3, 0.4) is 0 Å². The summed E-state index contributed by atoms with van der Waals surface area (Å²) >= 11 is 1.53. The second-order valence-corrected chi connectivity index (χ2v) is 13.2. The predicted molar refractivity (Wildman–Crippen MR) is 203 cm³/mol. The van der Waals surface area contributed by atoms with Crippen molar-refractivity contribution in [3.63, 3.8) is 0 Å². The fraction of sp³-hybridized carbons (Fsp3) is 0.270. The Morgan fingerprint density at radius 1 is 0.736 bits per heavy atom. The molecule has 0 bridgehead atoms. The number of para-hydroxylation sites is 1. The number of aliphatic hydroxyl groups excluding tert-OH is 1. The number of benzene rings is 4. The van der Waals surface area contributed by atoms with E-state index in [1.165, 1.54) is 54.2 Å². The predicted octanol–water partition coefficient (Wildman–Crippen LogP) is 7.43. The van der Waals surface area contributed by atoms with Gasteiger partial charge in [-0.25, -0.2) is 0 Å². The number of piperazine rings is 1. The zero-order valence-corrected chi connectivity index (χ0v) is 30.6. The Kier molecular flexibility index (Phi) is 13.8. The van der Waals surface area contributed by atoms with Crippen LogP contribution in [0.5, 0.6) is 23.0 Å². The summed E-state index contributed by atoms with van der Waals surface area (Å²) in [4.78, 5) is 20.7. The lowest BCUT2D eigenvalue weighted by Gasteiger charge is -2.36. The Morgan fingerprint density at radius 3 is 2.09 bits per heavy atom. The summed E-state index contributed by atoms with van der Waals surface area (Å²) in [6.45, 7) is 6.29. The molecule has 7 rings (SSSR count). The van der Waals surface area contributed by atoms with Gasteiger partial charge in [0.15, 0.2) is 17.3 Å². The number of aromatic hydroxyl groups is 4. The molecule has 2 aliphatic rings. The quantitative estimate of drug-likeness (QED) is 0.105. The molecule has 1 fully saturated rings. The highest BCUT2D eigenvalue weighted by Crippen LogP contribution is 2.49. The van der Waals surface area contributed by atoms with Crippen LogP contribution < -0.4 is 10.3 Å². The third-order valence-corrected chi connectivity index (χ3v) is 9.91. The molecule has 5 N–H and O–H groups in total. The average Bonchev–Trinajstić information content (AvgIpc) is 3.11. The number of anilines is 2. The minimum absolute atomic E-state index is 0. The van der Waals surface area contributed by atoms with E-state index in [2.05, 4.69) is 9.80 Å². The van der Waals surface area contributed by atoms with Crippen molar-refractivity contribution in [2.75, 3.05) is 57.3 Å². The molecular formula is C37H38Cl2F3N3O7S. The smallest absolute Gasteiger partial charge is 0.416 e. The number of rotatable bonds is 7. The second kappa shape index (κ2) is 17.7. The van der Waals surface area contributed by atoms with Gasteiger partial charge in [0.25, 0.3) is 0 Å². The number of fused-ring (bicyclic) bond motifs is 3. The standard InChI is InChI=1S/C22H26F3N3OS.C15H10O6.2ClH/c23-22(24,25)17-6-7-21-19(16-17)28(18-4-1-2-5-20(18)30-21)9-3-8-26-10-12-27(13-11-26)14-15-29;16-8-2-3-9-12(6-8)21-15(14(20)13(9)19)7-1-4-10(17)11(18)5-7;;/h1-2,4-7,16,29H,3,8-15H2;1-6,16-18,20H;2*1H. The highest BCUT2D eigenvalue weighted by molar-refractivity contribution is 7.99. The number of nitrogens with zero attached hydrogens (tertiary/aromatic N) is 3. The van der Waals surface area contributed by atoms with Crippen LogP contribution in [0.25, 0.3) is 22.3 Å². The van der Waals surface area contributed by atoms with Gasteiger partial charge >= 0.3 is 6.18 Å². The van der Waals surface area contributed by atoms with Crippen molar-refractivity contribution in [1.29, 1.82) is 0 Å². The van der Waals surface area contributed by atoms with Crippen molar-refractivity contribution in [3.05, 3.63) is 94.6 Å². The molecule has 0 radical (unpaired) electrons. The summed E-state index contributed by atoms with van der Waals surface area (Å²) in [5, 5.41) is 47.4. The first-order chi connectivity index (χ1) is 24.4. The zero-order valence-electron chi connectivity index (χ0n) is 28.1. The molecular weight excluding hydrogens is 758 g/mol. The van der Waals surface area contributed by atoms with Gasteiger partial charge < -0.3 is 39.7 Å². The van der Waals surface area contributed by atoms with E-state index in [4.69, 9.17) is 9.52 Å². The molecule has 284 valence electrons. The number of β-amino-alcohol motifs (C(OH)–C–C–N with tert-alkyl or cyclic N) is 1. The molecule has 1 aromatic heterocycles. The van der Waals surface area contributed by atoms with Crippen molar-refractivity contribution in [1.82, 2.24) is 9.80 Å². The second-order valence-electron chi connectivity index (χ2n) is 12.2. The molecule has 0 aliphatic carbocycles. The first kappa shape index (κ1) is 41.4. The highest BCUT2D eigenvalue weighted by atomic mass is 35.5. The van der Waals surface area contributed by atoms with E-state index in [1.54, 1.807) is 6.07 Å². The number of halogens is 5. The van der Waals surface area contributed by atoms with Crippen LogP contribution in [0.1, 0.15) is 12.0 Å². The summed E-state index contributed by atoms with van der Waals surface area (Å²) in [5.41, 5.74) is 0.666. The number of hydrogen-bond donors (Lipinski definition) is 5. The molecule has 0 saturated carbocycles. The molecule has 16 heteroatoms. The maximum absolute atomic E-state index is 13.3. The fourth-order valence-corrected chi connectivity index (χ4v) is 7.19. The SMILES string of the molecule is Cl.Cl.O=c1c(O)c(-c2ccc(O)c(O)c2)oc2cc(O)ccc12.OCCN1CCN(CCCN2c3ccccc3Sc3ccc(C(F)(F)F)cc32)CC1. The molecule has 0 amide bonds. The topological polar surface area (TPSA) is 141 Å². The van der Waals surface area contributed by atoms with Crippen LogP contribution in [-0.2, 0) is 6.18 Å². The third kappa shape index (κ3) is 9.44. The van der Waals surface area contributed by atoms with Crippen LogP contribution in [0.15, 0.2) is 97.9 Å². The first-order valence-corrected chi connectivity index (χ1v) is 17.1. The minimum Gasteiger partial charge on any atom is -0.508 e. The lowest BCUT2D eigenvalue weighted by Crippen LogP contribution is -2.47. The van der Waals surface area contributed by atoms with E-state index < -0.39 is 28.7 Å². The number of aliphatic hydroxyl groups is 1. The summed E-state index contributed by atoms with van der Waals surface area (Å²) in [5.74, 6) is -1.60. The summed E-state index contributed by atoms with van der Waals surface area (Å²) in [6.07, 6.45) is -3.48. The Labute approximate surface area is 319 Å². The molecule has 5 aromatic rings. The molecule has 0 unspecified atom stereocenters. The van der Waals surface area contributed by atoms with Gasteiger partial charge in [0.1, 0.15) is 11.3 Å². The lowest BCUT2D eigenvalue weighted by atomic mass is 10.1. The van der Waals surface area contributed by atoms with Gasteiger partial charge in [0.2, 0.25) is 11.2 Å². The normalized spacial score (nSPS) is 14.3. The summed E-state index contributed by atoms with van der Waals surface area (Å²) in [6, 6.07) is 19.6. The summed E-state index contributed by atoms with van der Waals surface area (Å²) in [7, 11) is 0. The van der Waals surface area contributed by atoms with E-state index in [1.807, 2.05) is 29.2 Å². The van der Waals surface area contributed by atoms with Crippen molar-refractivity contribution < 1.29 is 43.1 Å². The minimum atomic E-state index is -4.35. The monoisotopic (exact) mass is 795 g/mol. The third-order valence-electron chi connectivity index (χ3n) is 8.78. The van der Waals surface area contributed by atoms with E-state index in [-0.39, 0.29) is 65.2 Å². The maximum Gasteiger partial charge on any atom is 0.416 e. The molecule has 3 heterocycles. The highest BCUT2D eigenvalue weighted by Gasteiger charge is 2.33. The Morgan fingerprint density at radius 2 is 1.42 bits per heavy atom. The first-order valence-electron chi connectivity index (χ1n) is 16.3. The van der Waals surface area contributed by atoms with E-state index in [0.717, 1.165) is 60.7 Å². The molecule has 0 atom stereocenters. The van der Waals surface area contributed by atoms with E-state index >= 15 is 0 Å². The van der Waals surface area contributed by atoms with Crippen molar-refractivity contribution in [2.45, 2.75) is 22.4 Å². The van der Waals surface area contributed by atoms with Gasteiger partial charge in [0, 0.05) is 60.7 Å². The van der Waals surface area contributed by atoms with Gasteiger partial charge in [-0.2, -0.15) is 13.2 Å². The number of phenolic OH excluding ortho intramolecular Hbond substituents is 3. The van der Waals surface area contributed by atoms with Crippen molar-refractivity contribution in [3.8, 4) is 34.3 Å². The van der Waals surface area contributed by atoms with Gasteiger partial charge in [-0.1, -0.05) is 23.9 Å². The molecule has 1 saturated heterocycles. The molecule has 53 heavy (non-hydrogen) atoms. The van der Waals surface area contributed by atoms with Gasteiger partial charge in [0.05, 0.1) is 28.9 Å². The largest absolute Gasteiger partial charge is 0.508 e. The molecule has 0 spiro atoms. The van der Waals surface area contributed by atoms with Crippen molar-refractivity contribution in [2.24, 2.45) is 0 Å². The molecule has 10 nitrogen and oxygen atoms in total. The van der Waals surface area contributed by atoms with Gasteiger partial charge in [-0.05, 0) is 73.6 Å². The van der Waals surface area contributed by atoms with E-state index in [9.17, 15) is 38.4 Å². The van der Waals surface area contributed by atoms with Gasteiger partial charge in [-0.3, -0.25) is 9.69 Å². The fourth-order valence-electron chi connectivity index (χ4n) is 6.11. The summed E-state index contributed by atoms with van der Waals surface area (Å²) < 4.78 is 45.4. The lowest BCUT2D eigenvalue weighted by molar-refractivity contribution is -0.137.